The average Bonchev–Trinajstić information content (AvgIpc) is 2.53. The maximum Gasteiger partial charge on any atom is 0.119 e. The molecule has 1 heterocycles. The predicted octanol–water partition coefficient (Wildman–Crippen LogP) is 3.37. The highest BCUT2D eigenvalue weighted by Crippen LogP contribution is 2.29. The quantitative estimate of drug-likeness (QED) is 0.789. The van der Waals surface area contributed by atoms with Gasteiger partial charge < -0.3 is 10.5 Å². The van der Waals surface area contributed by atoms with Gasteiger partial charge in [0.25, 0.3) is 0 Å². The number of ether oxygens (including phenoxy) is 1. The van der Waals surface area contributed by atoms with Crippen LogP contribution in [0.5, 0.6) is 5.75 Å². The van der Waals surface area contributed by atoms with Crippen molar-refractivity contribution in [1.29, 1.82) is 0 Å². The van der Waals surface area contributed by atoms with Crippen LogP contribution in [0.15, 0.2) is 54.7 Å². The molecule has 0 unspecified atom stereocenters. The standard InChI is InChI=1S/C17H16N2O/c1-20-15-6-7-16(14(9-15)11-18)13-5-4-12-3-2-8-19-17(12)10-13/h2-10H,11,18H2,1H3. The van der Waals surface area contributed by atoms with Crippen molar-refractivity contribution >= 4 is 10.9 Å². The zero-order chi connectivity index (χ0) is 13.9. The number of aromatic nitrogens is 1. The first-order valence-corrected chi connectivity index (χ1v) is 6.54. The number of nitrogens with two attached hydrogens (primary N) is 1. The molecule has 0 radical (unpaired) electrons. The van der Waals surface area contributed by atoms with Crippen molar-refractivity contribution in [3.8, 4) is 16.9 Å². The molecule has 3 aromatic rings. The molecule has 0 aliphatic rings. The van der Waals surface area contributed by atoms with E-state index in [2.05, 4.69) is 29.2 Å². The Balaban J connectivity index is 2.14. The Hall–Kier alpha value is -2.39. The monoisotopic (exact) mass is 264 g/mol. The molecule has 0 aliphatic carbocycles. The third-order valence-corrected chi connectivity index (χ3v) is 3.45. The summed E-state index contributed by atoms with van der Waals surface area (Å²) in [5, 5.41) is 1.14. The van der Waals surface area contributed by atoms with Gasteiger partial charge in [0, 0.05) is 18.1 Å². The zero-order valence-electron chi connectivity index (χ0n) is 11.3. The van der Waals surface area contributed by atoms with Crippen LogP contribution >= 0.6 is 0 Å². The normalized spacial score (nSPS) is 10.7. The van der Waals surface area contributed by atoms with Crippen molar-refractivity contribution in [2.24, 2.45) is 5.73 Å². The van der Waals surface area contributed by atoms with Crippen molar-refractivity contribution < 1.29 is 4.74 Å². The molecule has 3 rings (SSSR count). The van der Waals surface area contributed by atoms with Crippen molar-refractivity contribution in [1.82, 2.24) is 4.98 Å². The molecule has 1 aromatic heterocycles. The van der Waals surface area contributed by atoms with E-state index < -0.39 is 0 Å². The Morgan fingerprint density at radius 2 is 2.00 bits per heavy atom. The number of pyridine rings is 1. The lowest BCUT2D eigenvalue weighted by Gasteiger charge is -2.11. The molecule has 20 heavy (non-hydrogen) atoms. The number of hydrogen-bond acceptors (Lipinski definition) is 3. The fourth-order valence-corrected chi connectivity index (χ4v) is 2.38. The molecule has 0 saturated heterocycles. The number of nitrogens with zero attached hydrogens (tertiary/aromatic N) is 1. The van der Waals surface area contributed by atoms with Gasteiger partial charge in [-0.05, 0) is 41.0 Å². The van der Waals surface area contributed by atoms with Gasteiger partial charge in [-0.3, -0.25) is 4.98 Å². The highest BCUT2D eigenvalue weighted by molar-refractivity contribution is 5.84. The predicted molar refractivity (Wildman–Crippen MR) is 81.6 cm³/mol. The van der Waals surface area contributed by atoms with E-state index >= 15 is 0 Å². The van der Waals surface area contributed by atoms with E-state index in [1.807, 2.05) is 30.5 Å². The fraction of sp³-hybridized carbons (Fsp3) is 0.118. The molecule has 0 saturated carbocycles. The number of methoxy groups -OCH3 is 1. The molecule has 3 heteroatoms. The third-order valence-electron chi connectivity index (χ3n) is 3.45. The first kappa shape index (κ1) is 12.6. The Bertz CT molecular complexity index is 753. The topological polar surface area (TPSA) is 48.1 Å². The molecule has 0 atom stereocenters. The Morgan fingerprint density at radius 3 is 2.80 bits per heavy atom. The smallest absolute Gasteiger partial charge is 0.119 e. The van der Waals surface area contributed by atoms with Gasteiger partial charge in [0.2, 0.25) is 0 Å². The first-order valence-electron chi connectivity index (χ1n) is 6.54. The van der Waals surface area contributed by atoms with Gasteiger partial charge in [-0.15, -0.1) is 0 Å². The van der Waals surface area contributed by atoms with Crippen LogP contribution < -0.4 is 10.5 Å². The van der Waals surface area contributed by atoms with Crippen LogP contribution in [0.25, 0.3) is 22.0 Å². The molecule has 0 bridgehead atoms. The molecule has 2 N–H and O–H groups in total. The lowest BCUT2D eigenvalue weighted by Crippen LogP contribution is -1.99. The van der Waals surface area contributed by atoms with Crippen molar-refractivity contribution in [2.45, 2.75) is 6.54 Å². The summed E-state index contributed by atoms with van der Waals surface area (Å²) in [4.78, 5) is 4.40. The SMILES string of the molecule is COc1ccc(-c2ccc3cccnc3c2)c(CN)c1. The van der Waals surface area contributed by atoms with Crippen LogP contribution in [0.3, 0.4) is 0 Å². The Kier molecular flexibility index (Phi) is 3.35. The molecule has 2 aromatic carbocycles. The minimum atomic E-state index is 0.479. The van der Waals surface area contributed by atoms with E-state index in [1.165, 1.54) is 0 Å². The molecule has 100 valence electrons. The van der Waals surface area contributed by atoms with Crippen molar-refractivity contribution in [2.75, 3.05) is 7.11 Å². The van der Waals surface area contributed by atoms with Gasteiger partial charge in [-0.1, -0.05) is 24.3 Å². The van der Waals surface area contributed by atoms with E-state index in [0.29, 0.717) is 6.54 Å². The van der Waals surface area contributed by atoms with Gasteiger partial charge >= 0.3 is 0 Å². The summed E-state index contributed by atoms with van der Waals surface area (Å²) in [6, 6.07) is 16.3. The second-order valence-corrected chi connectivity index (χ2v) is 4.64. The molecule has 0 aliphatic heterocycles. The number of benzene rings is 2. The maximum absolute atomic E-state index is 5.85. The average molecular weight is 264 g/mol. The summed E-state index contributed by atoms with van der Waals surface area (Å²) < 4.78 is 5.25. The Labute approximate surface area is 118 Å². The van der Waals surface area contributed by atoms with Crippen molar-refractivity contribution in [3.05, 3.63) is 60.3 Å². The first-order chi connectivity index (χ1) is 9.81. The summed E-state index contributed by atoms with van der Waals surface area (Å²) >= 11 is 0. The largest absolute Gasteiger partial charge is 0.497 e. The van der Waals surface area contributed by atoms with E-state index in [0.717, 1.165) is 33.3 Å². The number of rotatable bonds is 3. The van der Waals surface area contributed by atoms with Gasteiger partial charge in [0.1, 0.15) is 5.75 Å². The van der Waals surface area contributed by atoms with Gasteiger partial charge in [0.05, 0.1) is 12.6 Å². The summed E-state index contributed by atoms with van der Waals surface area (Å²) in [6.45, 7) is 0.479. The van der Waals surface area contributed by atoms with E-state index in [9.17, 15) is 0 Å². The second kappa shape index (κ2) is 5.31. The summed E-state index contributed by atoms with van der Waals surface area (Å²) in [7, 11) is 1.66. The lowest BCUT2D eigenvalue weighted by molar-refractivity contribution is 0.414. The van der Waals surface area contributed by atoms with Gasteiger partial charge in [0.15, 0.2) is 0 Å². The second-order valence-electron chi connectivity index (χ2n) is 4.64. The van der Waals surface area contributed by atoms with E-state index in [4.69, 9.17) is 10.5 Å². The van der Waals surface area contributed by atoms with Crippen molar-refractivity contribution in [3.63, 3.8) is 0 Å². The minimum absolute atomic E-state index is 0.479. The molecule has 3 nitrogen and oxygen atoms in total. The molecule has 0 spiro atoms. The molecule has 0 amide bonds. The van der Waals surface area contributed by atoms with E-state index in [-0.39, 0.29) is 0 Å². The summed E-state index contributed by atoms with van der Waals surface area (Å²) in [6.07, 6.45) is 1.81. The number of hydrogen-bond donors (Lipinski definition) is 1. The van der Waals surface area contributed by atoms with Gasteiger partial charge in [-0.2, -0.15) is 0 Å². The fourth-order valence-electron chi connectivity index (χ4n) is 2.38. The third kappa shape index (κ3) is 2.24. The van der Waals surface area contributed by atoms with Gasteiger partial charge in [-0.25, -0.2) is 0 Å². The highest BCUT2D eigenvalue weighted by Gasteiger charge is 2.07. The van der Waals surface area contributed by atoms with E-state index in [1.54, 1.807) is 7.11 Å². The lowest BCUT2D eigenvalue weighted by atomic mass is 9.98. The molecule has 0 fully saturated rings. The summed E-state index contributed by atoms with van der Waals surface area (Å²) in [5.41, 5.74) is 10.2. The van der Waals surface area contributed by atoms with Crippen LogP contribution in [0, 0.1) is 0 Å². The van der Waals surface area contributed by atoms with Crippen LogP contribution in [0.1, 0.15) is 5.56 Å². The van der Waals surface area contributed by atoms with Crippen LogP contribution in [-0.4, -0.2) is 12.1 Å². The molecular weight excluding hydrogens is 248 g/mol. The number of fused-ring (bicyclic) bond motifs is 1. The van der Waals surface area contributed by atoms with Crippen LogP contribution in [0.4, 0.5) is 0 Å². The zero-order valence-corrected chi connectivity index (χ0v) is 11.3. The maximum atomic E-state index is 5.85. The molecular formula is C17H16N2O. The van der Waals surface area contributed by atoms with Crippen LogP contribution in [0.2, 0.25) is 0 Å². The minimum Gasteiger partial charge on any atom is -0.497 e. The summed E-state index contributed by atoms with van der Waals surface area (Å²) in [5.74, 6) is 0.827. The Morgan fingerprint density at radius 1 is 1.10 bits per heavy atom. The highest BCUT2D eigenvalue weighted by atomic mass is 16.5. The van der Waals surface area contributed by atoms with Crippen LogP contribution in [-0.2, 0) is 6.54 Å².